The van der Waals surface area contributed by atoms with Crippen LogP contribution < -0.4 is 14.4 Å². The Kier molecular flexibility index (Phi) is 6.37. The van der Waals surface area contributed by atoms with Crippen molar-refractivity contribution in [2.45, 2.75) is 58.6 Å². The van der Waals surface area contributed by atoms with Gasteiger partial charge in [-0.3, -0.25) is 9.10 Å². The number of benzene rings is 2. The SMILES string of the molecule is CCc1ccc(C(C)NC(=O)C2CN(S(C)(=O)=O)c3cc(C(C)(C)C)ccc3O2)cc1. The highest BCUT2D eigenvalue weighted by Crippen LogP contribution is 2.38. The lowest BCUT2D eigenvalue weighted by Crippen LogP contribution is -2.50. The molecule has 7 heteroatoms. The molecule has 0 saturated heterocycles. The summed E-state index contributed by atoms with van der Waals surface area (Å²) in [5.41, 5.74) is 3.54. The van der Waals surface area contributed by atoms with Crippen molar-refractivity contribution in [2.24, 2.45) is 0 Å². The summed E-state index contributed by atoms with van der Waals surface area (Å²) in [7, 11) is -3.58. The molecule has 0 aliphatic carbocycles. The zero-order valence-corrected chi connectivity index (χ0v) is 19.9. The number of nitrogens with zero attached hydrogens (tertiary/aromatic N) is 1. The molecule has 6 nitrogen and oxygen atoms in total. The van der Waals surface area contributed by atoms with Gasteiger partial charge >= 0.3 is 0 Å². The molecule has 2 atom stereocenters. The third-order valence-electron chi connectivity index (χ3n) is 5.63. The summed E-state index contributed by atoms with van der Waals surface area (Å²) in [4.78, 5) is 13.0. The van der Waals surface area contributed by atoms with Crippen molar-refractivity contribution in [3.63, 3.8) is 0 Å². The topological polar surface area (TPSA) is 75.7 Å². The van der Waals surface area contributed by atoms with Crippen LogP contribution in [0.2, 0.25) is 0 Å². The maximum atomic E-state index is 13.0. The third-order valence-corrected chi connectivity index (χ3v) is 6.78. The fourth-order valence-electron chi connectivity index (χ4n) is 3.60. The fourth-order valence-corrected chi connectivity index (χ4v) is 4.51. The molecule has 1 N–H and O–H groups in total. The monoisotopic (exact) mass is 444 g/mol. The molecule has 2 unspecified atom stereocenters. The highest BCUT2D eigenvalue weighted by Gasteiger charge is 2.36. The molecule has 0 bridgehead atoms. The van der Waals surface area contributed by atoms with Crippen LogP contribution in [-0.2, 0) is 26.7 Å². The second-order valence-electron chi connectivity index (χ2n) is 9.16. The van der Waals surface area contributed by atoms with E-state index in [-0.39, 0.29) is 23.9 Å². The Hall–Kier alpha value is -2.54. The summed E-state index contributed by atoms with van der Waals surface area (Å²) >= 11 is 0. The third kappa shape index (κ3) is 5.21. The summed E-state index contributed by atoms with van der Waals surface area (Å²) in [6, 6.07) is 13.4. The molecule has 0 saturated carbocycles. The van der Waals surface area contributed by atoms with E-state index in [0.29, 0.717) is 11.4 Å². The number of hydrogen-bond acceptors (Lipinski definition) is 4. The van der Waals surface area contributed by atoms with E-state index in [9.17, 15) is 13.2 Å². The van der Waals surface area contributed by atoms with Gasteiger partial charge in [-0.2, -0.15) is 0 Å². The number of fused-ring (bicyclic) bond motifs is 1. The number of anilines is 1. The maximum absolute atomic E-state index is 13.0. The second-order valence-corrected chi connectivity index (χ2v) is 11.1. The van der Waals surface area contributed by atoms with Gasteiger partial charge < -0.3 is 10.1 Å². The maximum Gasteiger partial charge on any atom is 0.263 e. The van der Waals surface area contributed by atoms with E-state index in [1.807, 2.05) is 43.3 Å². The Morgan fingerprint density at radius 2 is 1.84 bits per heavy atom. The molecule has 1 heterocycles. The Labute approximate surface area is 185 Å². The zero-order chi connectivity index (χ0) is 23.0. The normalized spacial score (nSPS) is 17.5. The number of carbonyl (C=O) groups excluding carboxylic acids is 1. The fraction of sp³-hybridized carbons (Fsp3) is 0.458. The van der Waals surface area contributed by atoms with Crippen LogP contribution in [0.1, 0.15) is 57.4 Å². The molecule has 2 aromatic rings. The molecule has 1 amide bonds. The molecule has 0 radical (unpaired) electrons. The van der Waals surface area contributed by atoms with Crippen LogP contribution in [0, 0.1) is 0 Å². The average molecular weight is 445 g/mol. The predicted octanol–water partition coefficient (Wildman–Crippen LogP) is 3.95. The lowest BCUT2D eigenvalue weighted by Gasteiger charge is -2.35. The predicted molar refractivity (Wildman–Crippen MR) is 124 cm³/mol. The number of hydrogen-bond donors (Lipinski definition) is 1. The van der Waals surface area contributed by atoms with E-state index in [1.54, 1.807) is 6.07 Å². The number of aryl methyl sites for hydroxylation is 1. The second kappa shape index (κ2) is 8.54. The molecular formula is C24H32N2O4S. The molecule has 31 heavy (non-hydrogen) atoms. The van der Waals surface area contributed by atoms with Crippen LogP contribution >= 0.6 is 0 Å². The standard InChI is InChI=1S/C24H32N2O4S/c1-7-17-8-10-18(11-9-17)16(2)25-23(27)22-15-26(31(6,28)29)20-14-19(24(3,4)5)12-13-21(20)30-22/h8-14,16,22H,7,15H2,1-6H3,(H,25,27). The summed E-state index contributed by atoms with van der Waals surface area (Å²) in [5.74, 6) is 0.0519. The van der Waals surface area contributed by atoms with Gasteiger partial charge in [0.1, 0.15) is 5.75 Å². The van der Waals surface area contributed by atoms with Crippen LogP contribution in [0.3, 0.4) is 0 Å². The largest absolute Gasteiger partial charge is 0.476 e. The minimum atomic E-state index is -3.58. The smallest absolute Gasteiger partial charge is 0.263 e. The summed E-state index contributed by atoms with van der Waals surface area (Å²) in [5, 5.41) is 2.96. The van der Waals surface area contributed by atoms with Crippen LogP contribution in [0.15, 0.2) is 42.5 Å². The lowest BCUT2D eigenvalue weighted by molar-refractivity contribution is -0.128. The van der Waals surface area contributed by atoms with Crippen LogP contribution in [-0.4, -0.2) is 33.2 Å². The molecule has 0 aromatic heterocycles. The van der Waals surface area contributed by atoms with Crippen molar-refractivity contribution in [1.82, 2.24) is 5.32 Å². The van der Waals surface area contributed by atoms with E-state index in [4.69, 9.17) is 4.74 Å². The highest BCUT2D eigenvalue weighted by molar-refractivity contribution is 7.92. The first-order valence-electron chi connectivity index (χ1n) is 10.6. The molecule has 168 valence electrons. The summed E-state index contributed by atoms with van der Waals surface area (Å²) < 4.78 is 32.3. The summed E-state index contributed by atoms with van der Waals surface area (Å²) in [6.45, 7) is 10.1. The van der Waals surface area contributed by atoms with Crippen molar-refractivity contribution in [1.29, 1.82) is 0 Å². The first-order valence-corrected chi connectivity index (χ1v) is 12.4. The molecular weight excluding hydrogens is 412 g/mol. The van der Waals surface area contributed by atoms with Crippen molar-refractivity contribution in [3.05, 3.63) is 59.2 Å². The van der Waals surface area contributed by atoms with Gasteiger partial charge in [0, 0.05) is 0 Å². The Morgan fingerprint density at radius 3 is 2.39 bits per heavy atom. The van der Waals surface area contributed by atoms with E-state index >= 15 is 0 Å². The first kappa shape index (κ1) is 23.1. The van der Waals surface area contributed by atoms with Gasteiger partial charge in [-0.05, 0) is 47.6 Å². The summed E-state index contributed by atoms with van der Waals surface area (Å²) in [6.07, 6.45) is 1.17. The van der Waals surface area contributed by atoms with Gasteiger partial charge in [0.05, 0.1) is 24.5 Å². The zero-order valence-electron chi connectivity index (χ0n) is 19.1. The van der Waals surface area contributed by atoms with Crippen LogP contribution in [0.25, 0.3) is 0 Å². The molecule has 3 rings (SSSR count). The van der Waals surface area contributed by atoms with Gasteiger partial charge in [-0.1, -0.05) is 58.0 Å². The Morgan fingerprint density at radius 1 is 1.19 bits per heavy atom. The molecule has 0 spiro atoms. The van der Waals surface area contributed by atoms with E-state index in [0.717, 1.165) is 23.8 Å². The lowest BCUT2D eigenvalue weighted by atomic mass is 9.86. The molecule has 0 fully saturated rings. The first-order chi connectivity index (χ1) is 14.4. The molecule has 1 aliphatic heterocycles. The van der Waals surface area contributed by atoms with Gasteiger partial charge in [0.15, 0.2) is 6.10 Å². The van der Waals surface area contributed by atoms with Gasteiger partial charge in [0.25, 0.3) is 5.91 Å². The minimum absolute atomic E-state index is 0.0627. The van der Waals surface area contributed by atoms with Gasteiger partial charge in [-0.15, -0.1) is 0 Å². The van der Waals surface area contributed by atoms with Crippen molar-refractivity contribution < 1.29 is 17.9 Å². The Balaban J connectivity index is 1.84. The van der Waals surface area contributed by atoms with E-state index < -0.39 is 16.1 Å². The van der Waals surface area contributed by atoms with Gasteiger partial charge in [-0.25, -0.2) is 8.42 Å². The number of carbonyl (C=O) groups is 1. The number of amides is 1. The Bertz CT molecular complexity index is 1060. The van der Waals surface area contributed by atoms with Crippen molar-refractivity contribution in [2.75, 3.05) is 17.1 Å². The number of rotatable bonds is 5. The number of ether oxygens (including phenoxy) is 1. The van der Waals surface area contributed by atoms with Crippen molar-refractivity contribution in [3.8, 4) is 5.75 Å². The quantitative estimate of drug-likeness (QED) is 0.758. The van der Waals surface area contributed by atoms with Crippen molar-refractivity contribution >= 4 is 21.6 Å². The van der Waals surface area contributed by atoms with Crippen LogP contribution in [0.4, 0.5) is 5.69 Å². The van der Waals surface area contributed by atoms with E-state index in [2.05, 4.69) is 33.0 Å². The minimum Gasteiger partial charge on any atom is -0.476 e. The van der Waals surface area contributed by atoms with E-state index in [1.165, 1.54) is 9.87 Å². The van der Waals surface area contributed by atoms with Crippen LogP contribution in [0.5, 0.6) is 5.75 Å². The highest BCUT2D eigenvalue weighted by atomic mass is 32.2. The molecule has 2 aromatic carbocycles. The molecule has 1 aliphatic rings. The van der Waals surface area contributed by atoms with Gasteiger partial charge in [0.2, 0.25) is 10.0 Å². The number of nitrogens with one attached hydrogen (secondary N) is 1. The number of sulfonamides is 1. The average Bonchev–Trinajstić information content (AvgIpc) is 2.71.